The van der Waals surface area contributed by atoms with E-state index in [0.717, 1.165) is 4.90 Å². The number of urea groups is 1. The lowest BCUT2D eigenvalue weighted by molar-refractivity contribution is -0.127. The summed E-state index contributed by atoms with van der Waals surface area (Å²) < 4.78 is 25.6. The van der Waals surface area contributed by atoms with E-state index in [2.05, 4.69) is 42.5 Å². The number of rotatable bonds is 8. The van der Waals surface area contributed by atoms with E-state index in [1.165, 1.54) is 25.3 Å². The van der Waals surface area contributed by atoms with Gasteiger partial charge in [-0.1, -0.05) is 24.3 Å². The number of amides is 4. The third kappa shape index (κ3) is 6.36. The number of anilines is 1. The lowest BCUT2D eigenvalue weighted by Crippen LogP contribution is -2.38. The Morgan fingerprint density at radius 2 is 1.81 bits per heavy atom. The Morgan fingerprint density at radius 3 is 2.51 bits per heavy atom. The normalized spacial score (nSPS) is 14.1. The Bertz CT molecular complexity index is 1390. The second kappa shape index (κ2) is 11.6. The molecule has 4 amide bonds. The number of carbonyl (C=O) groups is 3. The van der Waals surface area contributed by atoms with Crippen LogP contribution in [0.3, 0.4) is 0 Å². The van der Waals surface area contributed by atoms with Gasteiger partial charge in [0.2, 0.25) is 5.91 Å². The molecule has 1 fully saturated rings. The molecule has 0 spiro atoms. The Labute approximate surface area is 228 Å². The van der Waals surface area contributed by atoms with E-state index in [-0.39, 0.29) is 18.1 Å². The van der Waals surface area contributed by atoms with Gasteiger partial charge in [-0.05, 0) is 85.5 Å². The summed E-state index contributed by atoms with van der Waals surface area (Å²) in [4.78, 5) is 38.6. The maximum atomic E-state index is 13.4. The molecule has 0 radical (unpaired) electrons. The van der Waals surface area contributed by atoms with Crippen LogP contribution in [0.4, 0.5) is 14.9 Å². The van der Waals surface area contributed by atoms with E-state index in [9.17, 15) is 18.8 Å². The summed E-state index contributed by atoms with van der Waals surface area (Å²) >= 11 is 6.89. The number of hydrogen-bond donors (Lipinski definition) is 2. The van der Waals surface area contributed by atoms with Crippen LogP contribution in [0, 0.1) is 5.82 Å². The van der Waals surface area contributed by atoms with Gasteiger partial charge in [0, 0.05) is 0 Å². The number of methoxy groups -OCH3 is 1. The monoisotopic (exact) mass is 631 g/mol. The van der Waals surface area contributed by atoms with Gasteiger partial charge in [0.05, 0.1) is 21.7 Å². The van der Waals surface area contributed by atoms with Gasteiger partial charge < -0.3 is 20.1 Å². The second-order valence-corrected chi connectivity index (χ2v) is 9.57. The zero-order valence-electron chi connectivity index (χ0n) is 19.4. The molecule has 0 unspecified atom stereocenters. The molecule has 4 rings (SSSR count). The van der Waals surface area contributed by atoms with Crippen LogP contribution >= 0.6 is 31.9 Å². The third-order valence-corrected chi connectivity index (χ3v) is 6.43. The number of hydrogen-bond acceptors (Lipinski definition) is 5. The van der Waals surface area contributed by atoms with E-state index in [1.807, 2.05) is 0 Å². The van der Waals surface area contributed by atoms with Crippen molar-refractivity contribution >= 4 is 61.5 Å². The highest BCUT2D eigenvalue weighted by molar-refractivity contribution is 9.11. The molecule has 3 aromatic carbocycles. The minimum Gasteiger partial charge on any atom is -0.495 e. The fraction of sp³-hybridized carbons (Fsp3) is 0.115. The van der Waals surface area contributed by atoms with Gasteiger partial charge in [-0.3, -0.25) is 9.59 Å². The molecule has 0 saturated carbocycles. The number of nitrogens with zero attached hydrogens (tertiary/aromatic N) is 1. The molecular weight excluding hydrogens is 613 g/mol. The van der Waals surface area contributed by atoms with Crippen LogP contribution in [0.1, 0.15) is 11.1 Å². The second-order valence-electron chi connectivity index (χ2n) is 7.86. The van der Waals surface area contributed by atoms with Crippen LogP contribution in [0.15, 0.2) is 75.3 Å². The number of imide groups is 1. The van der Waals surface area contributed by atoms with E-state index >= 15 is 0 Å². The predicted molar refractivity (Wildman–Crippen MR) is 142 cm³/mol. The summed E-state index contributed by atoms with van der Waals surface area (Å²) in [5, 5.41) is 5.13. The lowest BCUT2D eigenvalue weighted by Gasteiger charge is -2.13. The van der Waals surface area contributed by atoms with Crippen LogP contribution in [-0.2, 0) is 16.2 Å². The highest BCUT2D eigenvalue weighted by Crippen LogP contribution is 2.36. The molecule has 1 saturated heterocycles. The average molecular weight is 633 g/mol. The molecule has 2 N–H and O–H groups in total. The molecular formula is C26H20Br2FN3O5. The average Bonchev–Trinajstić information content (AvgIpc) is 3.11. The first-order valence-electron chi connectivity index (χ1n) is 10.9. The zero-order valence-corrected chi connectivity index (χ0v) is 22.6. The number of benzene rings is 3. The molecule has 37 heavy (non-hydrogen) atoms. The highest BCUT2D eigenvalue weighted by atomic mass is 79.9. The molecule has 1 aliphatic heterocycles. The summed E-state index contributed by atoms with van der Waals surface area (Å²) in [5.74, 6) is -0.606. The fourth-order valence-corrected chi connectivity index (χ4v) is 5.00. The van der Waals surface area contributed by atoms with Crippen molar-refractivity contribution in [3.8, 4) is 11.5 Å². The first kappa shape index (κ1) is 26.4. The van der Waals surface area contributed by atoms with Crippen LogP contribution in [0.2, 0.25) is 0 Å². The summed E-state index contributed by atoms with van der Waals surface area (Å²) in [6.07, 6.45) is 1.49. The zero-order chi connectivity index (χ0) is 26.5. The van der Waals surface area contributed by atoms with E-state index < -0.39 is 24.4 Å². The molecule has 0 aromatic heterocycles. The SMILES string of the molecule is COc1ccccc1NC(=O)CN1C(=O)N/C(=C/c2cc(Br)c(OCc3cccc(F)c3)c(Br)c2)C1=O. The smallest absolute Gasteiger partial charge is 0.329 e. The Balaban J connectivity index is 1.44. The quantitative estimate of drug-likeness (QED) is 0.254. The van der Waals surface area contributed by atoms with E-state index in [1.54, 1.807) is 48.5 Å². The number of nitrogens with one attached hydrogen (secondary N) is 2. The maximum absolute atomic E-state index is 13.4. The molecule has 3 aromatic rings. The van der Waals surface area contributed by atoms with Crippen molar-refractivity contribution in [2.45, 2.75) is 6.61 Å². The fourth-order valence-electron chi connectivity index (χ4n) is 3.55. The largest absolute Gasteiger partial charge is 0.495 e. The van der Waals surface area contributed by atoms with Gasteiger partial charge >= 0.3 is 6.03 Å². The maximum Gasteiger partial charge on any atom is 0.329 e. The number of para-hydroxylation sites is 2. The van der Waals surface area contributed by atoms with Crippen molar-refractivity contribution in [2.24, 2.45) is 0 Å². The summed E-state index contributed by atoms with van der Waals surface area (Å²) in [6.45, 7) is -0.323. The molecule has 0 bridgehead atoms. The van der Waals surface area contributed by atoms with Crippen LogP contribution in [0.25, 0.3) is 6.08 Å². The van der Waals surface area contributed by atoms with Crippen LogP contribution in [0.5, 0.6) is 11.5 Å². The number of ether oxygens (including phenoxy) is 2. The predicted octanol–water partition coefficient (Wildman–Crippen LogP) is 5.47. The molecule has 8 nitrogen and oxygen atoms in total. The van der Waals surface area contributed by atoms with Crippen molar-refractivity contribution in [3.05, 3.63) is 92.3 Å². The Morgan fingerprint density at radius 1 is 1.08 bits per heavy atom. The summed E-state index contributed by atoms with van der Waals surface area (Å²) in [7, 11) is 1.47. The molecule has 1 heterocycles. The summed E-state index contributed by atoms with van der Waals surface area (Å²) in [6, 6.07) is 15.6. The minimum atomic E-state index is -0.709. The minimum absolute atomic E-state index is 0.0160. The first-order chi connectivity index (χ1) is 17.7. The Hall–Kier alpha value is -3.70. The molecule has 190 valence electrons. The van der Waals surface area contributed by atoms with Gasteiger partial charge in [-0.25, -0.2) is 14.1 Å². The molecule has 0 aliphatic carbocycles. The molecule has 1 aliphatic rings. The van der Waals surface area contributed by atoms with Crippen molar-refractivity contribution in [3.63, 3.8) is 0 Å². The lowest BCUT2D eigenvalue weighted by atomic mass is 10.2. The Kier molecular flexibility index (Phi) is 8.24. The van der Waals surface area contributed by atoms with Crippen LogP contribution in [-0.4, -0.2) is 36.4 Å². The third-order valence-electron chi connectivity index (χ3n) is 5.25. The van der Waals surface area contributed by atoms with Crippen molar-refractivity contribution in [2.75, 3.05) is 19.0 Å². The number of carbonyl (C=O) groups excluding carboxylic acids is 3. The van der Waals surface area contributed by atoms with Gasteiger partial charge in [0.15, 0.2) is 0 Å². The molecule has 0 atom stereocenters. The van der Waals surface area contributed by atoms with E-state index in [0.29, 0.717) is 37.3 Å². The van der Waals surface area contributed by atoms with Gasteiger partial charge in [-0.15, -0.1) is 0 Å². The number of halogens is 3. The van der Waals surface area contributed by atoms with Gasteiger partial charge in [-0.2, -0.15) is 0 Å². The first-order valence-corrected chi connectivity index (χ1v) is 12.5. The standard InChI is InChI=1S/C26H20Br2FN3O5/c1-36-22-8-3-2-7-20(22)30-23(33)13-32-25(34)21(31-26(32)35)12-16-10-18(27)24(19(28)11-16)37-14-15-5-4-6-17(29)9-15/h2-12H,13-14H2,1H3,(H,30,33)(H,31,35)/b21-12+. The summed E-state index contributed by atoms with van der Waals surface area (Å²) in [5.41, 5.74) is 1.69. The van der Waals surface area contributed by atoms with Gasteiger partial charge in [0.1, 0.15) is 36.2 Å². The van der Waals surface area contributed by atoms with Crippen molar-refractivity contribution in [1.29, 1.82) is 0 Å². The van der Waals surface area contributed by atoms with Crippen molar-refractivity contribution in [1.82, 2.24) is 10.2 Å². The highest BCUT2D eigenvalue weighted by Gasteiger charge is 2.35. The topological polar surface area (TPSA) is 97.0 Å². The van der Waals surface area contributed by atoms with Crippen molar-refractivity contribution < 1.29 is 28.2 Å². The van der Waals surface area contributed by atoms with E-state index in [4.69, 9.17) is 9.47 Å². The van der Waals surface area contributed by atoms with Crippen LogP contribution < -0.4 is 20.1 Å². The van der Waals surface area contributed by atoms with Gasteiger partial charge in [0.25, 0.3) is 5.91 Å². The molecule has 11 heteroatoms.